The molecule has 0 bridgehead atoms. The average molecular weight is 446 g/mol. The molecule has 0 saturated carbocycles. The Morgan fingerprint density at radius 3 is 2.62 bits per heavy atom. The molecule has 6 rings (SSSR count). The van der Waals surface area contributed by atoms with Crippen molar-refractivity contribution < 1.29 is 0 Å². The molecule has 0 spiro atoms. The first-order valence-electron chi connectivity index (χ1n) is 11.1. The van der Waals surface area contributed by atoms with Crippen molar-refractivity contribution in [2.45, 2.75) is 6.04 Å². The van der Waals surface area contributed by atoms with Crippen molar-refractivity contribution in [2.24, 2.45) is 14.1 Å². The fraction of sp³-hybridized carbons (Fsp3) is 0.111. The molecule has 1 N–H and O–H groups in total. The maximum Gasteiger partial charge on any atom is 0.0966 e. The number of hydrogen-bond acceptors (Lipinski definition) is 5. The molecule has 7 heteroatoms. The van der Waals surface area contributed by atoms with E-state index in [2.05, 4.69) is 79.6 Å². The number of nitrogens with one attached hydrogen (secondary N) is 1. The summed E-state index contributed by atoms with van der Waals surface area (Å²) in [6, 6.07) is 16.8. The smallest absolute Gasteiger partial charge is 0.0966 e. The molecule has 0 fully saturated rings. The van der Waals surface area contributed by atoms with E-state index < -0.39 is 0 Å². The van der Waals surface area contributed by atoms with Crippen LogP contribution in [0.25, 0.3) is 33.1 Å². The number of rotatable bonds is 5. The van der Waals surface area contributed by atoms with Crippen LogP contribution in [0, 0.1) is 0 Å². The highest BCUT2D eigenvalue weighted by atomic mass is 15.2. The van der Waals surface area contributed by atoms with Crippen molar-refractivity contribution in [3.8, 4) is 11.1 Å². The number of aromatic nitrogens is 6. The Balaban J connectivity index is 1.50. The zero-order valence-electron chi connectivity index (χ0n) is 18.9. The molecule has 2 aromatic carbocycles. The van der Waals surface area contributed by atoms with Crippen molar-refractivity contribution in [3.05, 3.63) is 103 Å². The van der Waals surface area contributed by atoms with Crippen molar-refractivity contribution in [1.82, 2.24) is 29.3 Å². The molecule has 0 saturated heterocycles. The van der Waals surface area contributed by atoms with E-state index in [0.717, 1.165) is 39.0 Å². The van der Waals surface area contributed by atoms with Gasteiger partial charge in [0.2, 0.25) is 0 Å². The second-order valence-electron chi connectivity index (χ2n) is 8.46. The first-order chi connectivity index (χ1) is 16.7. The molecule has 7 nitrogen and oxygen atoms in total. The Morgan fingerprint density at radius 2 is 1.79 bits per heavy atom. The molecule has 0 radical (unpaired) electrons. The standard InChI is InChI=1S/C27H23N7/c1-33-11-7-18-5-6-19(12-25(18)33)23-13-22(14-24-27(23)30-10-9-29-24)32-26(20-4-3-8-28-15-20)21-16-31-34(2)17-21/h3-17,26,32H,1-2H3. The van der Waals surface area contributed by atoms with Gasteiger partial charge in [0.25, 0.3) is 0 Å². The number of fused-ring (bicyclic) bond motifs is 2. The summed E-state index contributed by atoms with van der Waals surface area (Å²) in [4.78, 5) is 13.6. The van der Waals surface area contributed by atoms with Crippen LogP contribution in [-0.4, -0.2) is 29.3 Å². The summed E-state index contributed by atoms with van der Waals surface area (Å²) in [5, 5.41) is 9.30. The number of hydrogen-bond donors (Lipinski definition) is 1. The van der Waals surface area contributed by atoms with Crippen molar-refractivity contribution >= 4 is 27.6 Å². The third-order valence-electron chi connectivity index (χ3n) is 6.16. The van der Waals surface area contributed by atoms with Crippen LogP contribution < -0.4 is 5.32 Å². The quantitative estimate of drug-likeness (QED) is 0.399. The van der Waals surface area contributed by atoms with Gasteiger partial charge < -0.3 is 9.88 Å². The molecule has 0 aliphatic heterocycles. The van der Waals surface area contributed by atoms with Gasteiger partial charge in [0.05, 0.1) is 23.3 Å². The number of anilines is 1. The summed E-state index contributed by atoms with van der Waals surface area (Å²) in [5.41, 5.74) is 8.09. The minimum Gasteiger partial charge on any atom is -0.374 e. The molecule has 1 atom stereocenters. The zero-order chi connectivity index (χ0) is 23.1. The monoisotopic (exact) mass is 445 g/mol. The zero-order valence-corrected chi connectivity index (χ0v) is 18.9. The first-order valence-corrected chi connectivity index (χ1v) is 11.1. The highest BCUT2D eigenvalue weighted by Gasteiger charge is 2.18. The third kappa shape index (κ3) is 3.57. The lowest BCUT2D eigenvalue weighted by Gasteiger charge is -2.20. The van der Waals surface area contributed by atoms with Crippen LogP contribution in [0.1, 0.15) is 17.2 Å². The normalized spacial score (nSPS) is 12.3. The van der Waals surface area contributed by atoms with E-state index in [-0.39, 0.29) is 6.04 Å². The van der Waals surface area contributed by atoms with Gasteiger partial charge in [-0.25, -0.2) is 0 Å². The molecule has 0 amide bonds. The molecule has 0 aliphatic carbocycles. The maximum atomic E-state index is 4.67. The minimum atomic E-state index is -0.111. The van der Waals surface area contributed by atoms with E-state index in [0.29, 0.717) is 0 Å². The summed E-state index contributed by atoms with van der Waals surface area (Å²) < 4.78 is 3.95. The minimum absolute atomic E-state index is 0.111. The van der Waals surface area contributed by atoms with Crippen molar-refractivity contribution in [2.75, 3.05) is 5.32 Å². The lowest BCUT2D eigenvalue weighted by molar-refractivity contribution is 0.766. The molecular weight excluding hydrogens is 422 g/mol. The lowest BCUT2D eigenvalue weighted by Crippen LogP contribution is -2.12. The van der Waals surface area contributed by atoms with E-state index in [1.54, 1.807) is 18.6 Å². The van der Waals surface area contributed by atoms with E-state index in [1.165, 1.54) is 10.9 Å². The van der Waals surface area contributed by atoms with Gasteiger partial charge in [-0.05, 0) is 46.8 Å². The Hall–Kier alpha value is -4.52. The van der Waals surface area contributed by atoms with Crippen LogP contribution in [0.15, 0.2) is 91.9 Å². The van der Waals surface area contributed by atoms with Crippen LogP contribution in [0.3, 0.4) is 0 Å². The van der Waals surface area contributed by atoms with Gasteiger partial charge in [0, 0.05) is 73.6 Å². The summed E-state index contributed by atoms with van der Waals surface area (Å²) in [5.74, 6) is 0. The third-order valence-corrected chi connectivity index (χ3v) is 6.16. The summed E-state index contributed by atoms with van der Waals surface area (Å²) in [6.07, 6.45) is 13.1. The molecule has 0 aliphatic rings. The van der Waals surface area contributed by atoms with Crippen LogP contribution in [-0.2, 0) is 14.1 Å². The first kappa shape index (κ1) is 20.1. The van der Waals surface area contributed by atoms with Gasteiger partial charge in [-0.2, -0.15) is 5.10 Å². The molecule has 166 valence electrons. The lowest BCUT2D eigenvalue weighted by atomic mass is 9.99. The van der Waals surface area contributed by atoms with Gasteiger partial charge in [0.1, 0.15) is 0 Å². The highest BCUT2D eigenvalue weighted by molar-refractivity contribution is 5.97. The Kier molecular flexibility index (Phi) is 4.80. The van der Waals surface area contributed by atoms with Gasteiger partial charge in [0.15, 0.2) is 0 Å². The topological polar surface area (TPSA) is 73.5 Å². The van der Waals surface area contributed by atoms with Gasteiger partial charge >= 0.3 is 0 Å². The molecular formula is C27H23N7. The number of nitrogens with zero attached hydrogens (tertiary/aromatic N) is 6. The summed E-state index contributed by atoms with van der Waals surface area (Å²) in [7, 11) is 3.99. The molecule has 34 heavy (non-hydrogen) atoms. The maximum absolute atomic E-state index is 4.67. The summed E-state index contributed by atoms with van der Waals surface area (Å²) in [6.45, 7) is 0. The highest BCUT2D eigenvalue weighted by Crippen LogP contribution is 2.34. The van der Waals surface area contributed by atoms with Crippen LogP contribution in [0.2, 0.25) is 0 Å². The predicted octanol–water partition coefficient (Wildman–Crippen LogP) is 5.12. The van der Waals surface area contributed by atoms with Gasteiger partial charge in [-0.3, -0.25) is 19.6 Å². The molecule has 1 unspecified atom stereocenters. The van der Waals surface area contributed by atoms with Crippen LogP contribution in [0.5, 0.6) is 0 Å². The second kappa shape index (κ2) is 8.12. The predicted molar refractivity (Wildman–Crippen MR) is 134 cm³/mol. The van der Waals surface area contributed by atoms with E-state index >= 15 is 0 Å². The second-order valence-corrected chi connectivity index (χ2v) is 8.46. The number of aryl methyl sites for hydroxylation is 2. The van der Waals surface area contributed by atoms with Crippen LogP contribution in [0.4, 0.5) is 5.69 Å². The Morgan fingerprint density at radius 1 is 0.882 bits per heavy atom. The molecule has 6 aromatic rings. The van der Waals surface area contributed by atoms with E-state index in [4.69, 9.17) is 0 Å². The molecule has 4 heterocycles. The SMILES string of the molecule is Cn1cc(C(Nc2cc(-c3ccc4ccn(C)c4c3)c3nccnc3c2)c2cccnc2)cn1. The van der Waals surface area contributed by atoms with Gasteiger partial charge in [-0.1, -0.05) is 18.2 Å². The fourth-order valence-corrected chi connectivity index (χ4v) is 4.47. The van der Waals surface area contributed by atoms with Crippen molar-refractivity contribution in [3.63, 3.8) is 0 Å². The summed E-state index contributed by atoms with van der Waals surface area (Å²) >= 11 is 0. The number of pyridine rings is 1. The largest absolute Gasteiger partial charge is 0.374 e. The number of benzene rings is 2. The van der Waals surface area contributed by atoms with E-state index in [9.17, 15) is 0 Å². The fourth-order valence-electron chi connectivity index (χ4n) is 4.47. The van der Waals surface area contributed by atoms with E-state index in [1.807, 2.05) is 42.5 Å². The van der Waals surface area contributed by atoms with Crippen LogP contribution >= 0.6 is 0 Å². The molecule has 4 aromatic heterocycles. The van der Waals surface area contributed by atoms with Crippen molar-refractivity contribution in [1.29, 1.82) is 0 Å². The van der Waals surface area contributed by atoms with Gasteiger partial charge in [-0.15, -0.1) is 0 Å². The average Bonchev–Trinajstić information content (AvgIpc) is 3.47. The Bertz CT molecular complexity index is 1610. The Labute approximate surface area is 196 Å².